The van der Waals surface area contributed by atoms with Crippen molar-refractivity contribution >= 4 is 27.5 Å². The third kappa shape index (κ3) is 2.17. The molecular formula is C17H14O2. The summed E-state index contributed by atoms with van der Waals surface area (Å²) in [5, 5.41) is 13.6. The third-order valence-electron chi connectivity index (χ3n) is 3.47. The number of aliphatic carboxylic acids is 1. The van der Waals surface area contributed by atoms with Crippen molar-refractivity contribution in [3.8, 4) is 0 Å². The number of rotatable bonds is 3. The van der Waals surface area contributed by atoms with Gasteiger partial charge in [0.25, 0.3) is 0 Å². The van der Waals surface area contributed by atoms with Crippen molar-refractivity contribution in [1.82, 2.24) is 0 Å². The van der Waals surface area contributed by atoms with E-state index in [0.29, 0.717) is 6.42 Å². The molecule has 0 aromatic heterocycles. The van der Waals surface area contributed by atoms with Crippen LogP contribution < -0.4 is 0 Å². The smallest absolute Gasteiger partial charge is 0.303 e. The lowest BCUT2D eigenvalue weighted by molar-refractivity contribution is -0.136. The van der Waals surface area contributed by atoms with Crippen molar-refractivity contribution in [2.24, 2.45) is 0 Å². The van der Waals surface area contributed by atoms with Gasteiger partial charge in [0.05, 0.1) is 0 Å². The molecule has 3 aromatic carbocycles. The van der Waals surface area contributed by atoms with Gasteiger partial charge in [0.1, 0.15) is 0 Å². The number of carbonyl (C=O) groups is 1. The number of carboxylic acids is 1. The third-order valence-corrected chi connectivity index (χ3v) is 3.47. The Morgan fingerprint density at radius 2 is 1.42 bits per heavy atom. The Morgan fingerprint density at radius 1 is 0.895 bits per heavy atom. The lowest BCUT2D eigenvalue weighted by atomic mass is 9.94. The molecule has 0 radical (unpaired) electrons. The summed E-state index contributed by atoms with van der Waals surface area (Å²) in [5.41, 5.74) is 1.14. The van der Waals surface area contributed by atoms with E-state index in [2.05, 4.69) is 30.3 Å². The van der Waals surface area contributed by atoms with Crippen LogP contribution in [0.1, 0.15) is 12.0 Å². The zero-order valence-electron chi connectivity index (χ0n) is 10.5. The first kappa shape index (κ1) is 11.7. The van der Waals surface area contributed by atoms with Gasteiger partial charge in [-0.05, 0) is 39.6 Å². The maximum absolute atomic E-state index is 10.8. The van der Waals surface area contributed by atoms with Gasteiger partial charge < -0.3 is 5.11 Å². The Kier molecular flexibility index (Phi) is 2.92. The van der Waals surface area contributed by atoms with Crippen molar-refractivity contribution in [1.29, 1.82) is 0 Å². The van der Waals surface area contributed by atoms with E-state index >= 15 is 0 Å². The quantitative estimate of drug-likeness (QED) is 0.713. The van der Waals surface area contributed by atoms with Crippen LogP contribution in [0.3, 0.4) is 0 Å². The van der Waals surface area contributed by atoms with E-state index in [9.17, 15) is 4.79 Å². The first-order chi connectivity index (χ1) is 9.25. The molecule has 3 aromatic rings. The molecule has 0 heterocycles. The number of benzene rings is 3. The average Bonchev–Trinajstić information content (AvgIpc) is 2.43. The van der Waals surface area contributed by atoms with E-state index in [-0.39, 0.29) is 6.42 Å². The fraction of sp³-hybridized carbons (Fsp3) is 0.118. The largest absolute Gasteiger partial charge is 0.481 e. The molecule has 2 heteroatoms. The summed E-state index contributed by atoms with van der Waals surface area (Å²) in [5.74, 6) is -0.753. The molecule has 0 unspecified atom stereocenters. The summed E-state index contributed by atoms with van der Waals surface area (Å²) in [6.45, 7) is 0. The van der Waals surface area contributed by atoms with Crippen LogP contribution in [0.5, 0.6) is 0 Å². The van der Waals surface area contributed by atoms with Gasteiger partial charge in [0.2, 0.25) is 0 Å². The predicted octanol–water partition coefficient (Wildman–Crippen LogP) is 4.01. The maximum Gasteiger partial charge on any atom is 0.303 e. The summed E-state index contributed by atoms with van der Waals surface area (Å²) in [6.07, 6.45) is 0.731. The molecule has 0 saturated carbocycles. The summed E-state index contributed by atoms with van der Waals surface area (Å²) in [7, 11) is 0. The van der Waals surface area contributed by atoms with Crippen molar-refractivity contribution in [3.63, 3.8) is 0 Å². The van der Waals surface area contributed by atoms with Crippen LogP contribution in [-0.2, 0) is 11.2 Å². The Labute approximate surface area is 111 Å². The van der Waals surface area contributed by atoms with Crippen LogP contribution >= 0.6 is 0 Å². The predicted molar refractivity (Wildman–Crippen MR) is 77.4 cm³/mol. The molecule has 2 nitrogen and oxygen atoms in total. The minimum Gasteiger partial charge on any atom is -0.481 e. The van der Waals surface area contributed by atoms with E-state index in [0.717, 1.165) is 16.3 Å². The van der Waals surface area contributed by atoms with Crippen molar-refractivity contribution in [2.45, 2.75) is 12.8 Å². The number of aryl methyl sites for hydroxylation is 1. The van der Waals surface area contributed by atoms with Gasteiger partial charge >= 0.3 is 5.97 Å². The standard InChI is InChI=1S/C17H14O2/c18-17(19)10-9-16-14-7-3-1-5-12(14)11-13-6-2-4-8-15(13)16/h1-8,11H,9-10H2,(H,18,19). The summed E-state index contributed by atoms with van der Waals surface area (Å²) in [6, 6.07) is 18.5. The fourth-order valence-corrected chi connectivity index (χ4v) is 2.61. The highest BCUT2D eigenvalue weighted by Crippen LogP contribution is 2.29. The second-order valence-electron chi connectivity index (χ2n) is 4.69. The number of fused-ring (bicyclic) bond motifs is 2. The first-order valence-corrected chi connectivity index (χ1v) is 6.37. The molecular weight excluding hydrogens is 236 g/mol. The van der Waals surface area contributed by atoms with Gasteiger partial charge in [0, 0.05) is 6.42 Å². The molecule has 0 amide bonds. The van der Waals surface area contributed by atoms with E-state index in [1.165, 1.54) is 10.8 Å². The Balaban J connectivity index is 2.29. The highest BCUT2D eigenvalue weighted by Gasteiger charge is 2.08. The van der Waals surface area contributed by atoms with Crippen LogP contribution in [0.15, 0.2) is 54.6 Å². The van der Waals surface area contributed by atoms with Crippen molar-refractivity contribution < 1.29 is 9.90 Å². The fourth-order valence-electron chi connectivity index (χ4n) is 2.61. The monoisotopic (exact) mass is 250 g/mol. The van der Waals surface area contributed by atoms with E-state index in [4.69, 9.17) is 5.11 Å². The van der Waals surface area contributed by atoms with Crippen LogP contribution in [0.25, 0.3) is 21.5 Å². The highest BCUT2D eigenvalue weighted by atomic mass is 16.4. The minimum absolute atomic E-state index is 0.165. The molecule has 3 rings (SSSR count). The van der Waals surface area contributed by atoms with Gasteiger partial charge in [-0.2, -0.15) is 0 Å². The van der Waals surface area contributed by atoms with E-state index < -0.39 is 5.97 Å². The second-order valence-corrected chi connectivity index (χ2v) is 4.69. The number of hydrogen-bond donors (Lipinski definition) is 1. The Morgan fingerprint density at radius 3 is 1.95 bits per heavy atom. The molecule has 0 bridgehead atoms. The Hall–Kier alpha value is -2.35. The van der Waals surface area contributed by atoms with Crippen LogP contribution in [0.2, 0.25) is 0 Å². The van der Waals surface area contributed by atoms with E-state index in [1.807, 2.05) is 24.3 Å². The molecule has 0 aliphatic carbocycles. The molecule has 94 valence electrons. The second kappa shape index (κ2) is 4.73. The van der Waals surface area contributed by atoms with Crippen molar-refractivity contribution in [3.05, 3.63) is 60.2 Å². The topological polar surface area (TPSA) is 37.3 Å². The zero-order chi connectivity index (χ0) is 13.2. The molecule has 0 spiro atoms. The number of carboxylic acid groups (broad SMARTS) is 1. The molecule has 0 atom stereocenters. The summed E-state index contributed by atoms with van der Waals surface area (Å²) >= 11 is 0. The Bertz CT molecular complexity index is 705. The summed E-state index contributed by atoms with van der Waals surface area (Å²) in [4.78, 5) is 10.8. The zero-order valence-corrected chi connectivity index (χ0v) is 10.5. The van der Waals surface area contributed by atoms with Gasteiger partial charge in [-0.25, -0.2) is 0 Å². The normalized spacial score (nSPS) is 10.9. The van der Waals surface area contributed by atoms with E-state index in [1.54, 1.807) is 0 Å². The van der Waals surface area contributed by atoms with Crippen LogP contribution in [0.4, 0.5) is 0 Å². The molecule has 0 fully saturated rings. The number of hydrogen-bond acceptors (Lipinski definition) is 1. The summed E-state index contributed by atoms with van der Waals surface area (Å²) < 4.78 is 0. The lowest BCUT2D eigenvalue weighted by Gasteiger charge is -2.10. The maximum atomic E-state index is 10.8. The van der Waals surface area contributed by atoms with Gasteiger partial charge in [-0.15, -0.1) is 0 Å². The molecule has 0 aliphatic heterocycles. The van der Waals surface area contributed by atoms with Gasteiger partial charge in [-0.3, -0.25) is 4.79 Å². The average molecular weight is 250 g/mol. The lowest BCUT2D eigenvalue weighted by Crippen LogP contribution is -1.99. The minimum atomic E-state index is -0.753. The van der Waals surface area contributed by atoms with Crippen LogP contribution in [-0.4, -0.2) is 11.1 Å². The highest BCUT2D eigenvalue weighted by molar-refractivity contribution is 6.02. The first-order valence-electron chi connectivity index (χ1n) is 6.37. The molecule has 1 N–H and O–H groups in total. The van der Waals surface area contributed by atoms with Crippen molar-refractivity contribution in [2.75, 3.05) is 0 Å². The van der Waals surface area contributed by atoms with Gasteiger partial charge in [-0.1, -0.05) is 48.5 Å². The molecule has 0 saturated heterocycles. The van der Waals surface area contributed by atoms with Gasteiger partial charge in [0.15, 0.2) is 0 Å². The molecule has 0 aliphatic rings. The SMILES string of the molecule is O=C(O)CCc1c2ccccc2cc2ccccc12. The van der Waals surface area contributed by atoms with Crippen LogP contribution in [0, 0.1) is 0 Å². The molecule has 19 heavy (non-hydrogen) atoms.